The summed E-state index contributed by atoms with van der Waals surface area (Å²) in [5.74, 6) is -0.489. The fourth-order valence-electron chi connectivity index (χ4n) is 2.90. The molecule has 2 aliphatic rings. The van der Waals surface area contributed by atoms with Crippen LogP contribution in [-0.4, -0.2) is 40.3 Å². The van der Waals surface area contributed by atoms with Gasteiger partial charge < -0.3 is 14.4 Å². The molecule has 1 aromatic heterocycles. The molecule has 1 N–H and O–H groups in total. The molecule has 0 bridgehead atoms. The molecule has 3 heterocycles. The van der Waals surface area contributed by atoms with Crippen LogP contribution < -0.4 is 4.78 Å². The third kappa shape index (κ3) is 2.15. The first-order valence-electron chi connectivity index (χ1n) is 7.46. The van der Waals surface area contributed by atoms with E-state index < -0.39 is 35.9 Å². The van der Waals surface area contributed by atoms with Gasteiger partial charge in [0, 0.05) is 9.65 Å². The minimum Gasteiger partial charge on any atom is -0.465 e. The van der Waals surface area contributed by atoms with Crippen LogP contribution in [0.1, 0.15) is 56.8 Å². The average molecular weight is 337 g/mol. The highest BCUT2D eigenvalue weighted by Crippen LogP contribution is 2.43. The fourth-order valence-corrected chi connectivity index (χ4v) is 4.10. The molecule has 0 saturated carbocycles. The summed E-state index contributed by atoms with van der Waals surface area (Å²) < 4.78 is 12.8. The Hall–Kier alpha value is -1.38. The Balaban J connectivity index is 1.98. The number of hydrogen-bond donors (Lipinski definition) is 1. The van der Waals surface area contributed by atoms with Crippen molar-refractivity contribution in [2.24, 2.45) is 0 Å². The lowest BCUT2D eigenvalue weighted by molar-refractivity contribution is 0.00578. The maximum absolute atomic E-state index is 12.4. The smallest absolute Gasteiger partial charge is 0.465 e. The minimum absolute atomic E-state index is 0.423. The van der Waals surface area contributed by atoms with Crippen molar-refractivity contribution in [2.45, 2.75) is 58.3 Å². The standard InChI is InChI=1S/C15H20BNO5S/c1-13(2)10-8(11(18)17(13)12(19)20)7-9(23-10)16-21-14(3,4)15(5,6)22-16/h7H,1-6H3,(H,19,20). The van der Waals surface area contributed by atoms with E-state index in [1.165, 1.54) is 11.3 Å². The van der Waals surface area contributed by atoms with Gasteiger partial charge >= 0.3 is 13.2 Å². The molecule has 0 spiro atoms. The van der Waals surface area contributed by atoms with Gasteiger partial charge in [-0.25, -0.2) is 9.69 Å². The number of thiophene rings is 1. The van der Waals surface area contributed by atoms with Gasteiger partial charge in [-0.2, -0.15) is 0 Å². The number of rotatable bonds is 1. The molecule has 0 radical (unpaired) electrons. The maximum Gasteiger partial charge on any atom is 0.505 e. The summed E-state index contributed by atoms with van der Waals surface area (Å²) in [4.78, 5) is 25.4. The van der Waals surface area contributed by atoms with Crippen molar-refractivity contribution in [3.63, 3.8) is 0 Å². The van der Waals surface area contributed by atoms with Crippen LogP contribution in [0.2, 0.25) is 0 Å². The number of amides is 2. The van der Waals surface area contributed by atoms with Gasteiger partial charge in [0.25, 0.3) is 5.91 Å². The SMILES string of the molecule is CC1(C)c2sc(B3OC(C)(C)C(C)(C)O3)cc2C(=O)N1C(=O)O. The highest BCUT2D eigenvalue weighted by molar-refractivity contribution is 7.23. The van der Waals surface area contributed by atoms with E-state index in [0.29, 0.717) is 5.56 Å². The van der Waals surface area contributed by atoms with E-state index in [9.17, 15) is 14.7 Å². The third-order valence-electron chi connectivity index (χ3n) is 4.98. The number of carbonyl (C=O) groups is 2. The van der Waals surface area contributed by atoms with Crippen LogP contribution in [0.4, 0.5) is 4.79 Å². The van der Waals surface area contributed by atoms with E-state index >= 15 is 0 Å². The largest absolute Gasteiger partial charge is 0.505 e. The fraction of sp³-hybridized carbons (Fsp3) is 0.600. The Morgan fingerprint density at radius 1 is 1.17 bits per heavy atom. The number of hydrogen-bond acceptors (Lipinski definition) is 5. The topological polar surface area (TPSA) is 76.1 Å². The van der Waals surface area contributed by atoms with Crippen LogP contribution in [0.15, 0.2) is 6.07 Å². The Bertz CT molecular complexity index is 693. The molecule has 2 amide bonds. The van der Waals surface area contributed by atoms with Crippen molar-refractivity contribution in [1.82, 2.24) is 4.90 Å². The minimum atomic E-state index is -1.24. The number of carboxylic acid groups (broad SMARTS) is 1. The van der Waals surface area contributed by atoms with Gasteiger partial charge in [0.15, 0.2) is 0 Å². The first-order valence-corrected chi connectivity index (χ1v) is 8.27. The zero-order valence-corrected chi connectivity index (χ0v) is 14.9. The first-order chi connectivity index (χ1) is 10.4. The van der Waals surface area contributed by atoms with Gasteiger partial charge in [0.1, 0.15) is 0 Å². The lowest BCUT2D eigenvalue weighted by atomic mass is 9.87. The molecule has 6 nitrogen and oxygen atoms in total. The number of fused-ring (bicyclic) bond motifs is 1. The van der Waals surface area contributed by atoms with E-state index in [4.69, 9.17) is 9.31 Å². The summed E-state index contributed by atoms with van der Waals surface area (Å²) >= 11 is 1.38. The lowest BCUT2D eigenvalue weighted by Gasteiger charge is -2.32. The van der Waals surface area contributed by atoms with Gasteiger partial charge in [0.05, 0.1) is 22.3 Å². The highest BCUT2D eigenvalue weighted by atomic mass is 32.1. The van der Waals surface area contributed by atoms with Crippen molar-refractivity contribution in [3.05, 3.63) is 16.5 Å². The molecule has 1 aromatic rings. The molecule has 0 aromatic carbocycles. The Kier molecular flexibility index (Phi) is 3.29. The summed E-state index contributed by atoms with van der Waals surface area (Å²) in [5.41, 5.74) is -1.38. The summed E-state index contributed by atoms with van der Waals surface area (Å²) in [6, 6.07) is 1.70. The normalized spacial score (nSPS) is 24.2. The molecule has 2 aliphatic heterocycles. The van der Waals surface area contributed by atoms with E-state index in [1.807, 2.05) is 27.7 Å². The molecule has 1 fully saturated rings. The number of imide groups is 1. The number of carbonyl (C=O) groups excluding carboxylic acids is 1. The molecule has 0 unspecified atom stereocenters. The van der Waals surface area contributed by atoms with Crippen LogP contribution in [0, 0.1) is 0 Å². The van der Waals surface area contributed by atoms with E-state index in [-0.39, 0.29) is 0 Å². The van der Waals surface area contributed by atoms with Gasteiger partial charge in [0.2, 0.25) is 0 Å². The van der Waals surface area contributed by atoms with Crippen LogP contribution in [-0.2, 0) is 14.8 Å². The zero-order valence-electron chi connectivity index (χ0n) is 14.1. The van der Waals surface area contributed by atoms with E-state index in [0.717, 1.165) is 14.6 Å². The molecule has 3 rings (SSSR count). The van der Waals surface area contributed by atoms with Crippen molar-refractivity contribution >= 4 is 35.2 Å². The summed E-state index contributed by atoms with van der Waals surface area (Å²) in [6.07, 6.45) is -1.24. The molecular weight excluding hydrogens is 317 g/mol. The Morgan fingerprint density at radius 3 is 2.13 bits per heavy atom. The van der Waals surface area contributed by atoms with E-state index in [1.54, 1.807) is 19.9 Å². The molecule has 0 aliphatic carbocycles. The van der Waals surface area contributed by atoms with Crippen LogP contribution in [0.25, 0.3) is 0 Å². The van der Waals surface area contributed by atoms with Crippen LogP contribution in [0.5, 0.6) is 0 Å². The van der Waals surface area contributed by atoms with Gasteiger partial charge in [-0.1, -0.05) is 0 Å². The monoisotopic (exact) mass is 337 g/mol. The highest BCUT2D eigenvalue weighted by Gasteiger charge is 2.54. The lowest BCUT2D eigenvalue weighted by Crippen LogP contribution is -2.43. The number of nitrogens with zero attached hydrogens (tertiary/aromatic N) is 1. The predicted octanol–water partition coefficient (Wildman–Crippen LogP) is 2.42. The zero-order chi connectivity index (χ0) is 17.4. The quantitative estimate of drug-likeness (QED) is 0.797. The molecular formula is C15H20BNO5S. The van der Waals surface area contributed by atoms with Crippen LogP contribution in [0.3, 0.4) is 0 Å². The van der Waals surface area contributed by atoms with Gasteiger partial charge in [-0.15, -0.1) is 11.3 Å². The van der Waals surface area contributed by atoms with Crippen molar-refractivity contribution in [3.8, 4) is 0 Å². The van der Waals surface area contributed by atoms with Gasteiger partial charge in [-0.05, 0) is 47.6 Å². The molecule has 23 heavy (non-hydrogen) atoms. The summed E-state index contributed by atoms with van der Waals surface area (Å²) in [6.45, 7) is 11.3. The molecule has 1 saturated heterocycles. The maximum atomic E-state index is 12.4. The Morgan fingerprint density at radius 2 is 1.70 bits per heavy atom. The molecule has 0 atom stereocenters. The molecule has 8 heteroatoms. The van der Waals surface area contributed by atoms with E-state index in [2.05, 4.69) is 0 Å². The average Bonchev–Trinajstić information content (AvgIpc) is 2.93. The predicted molar refractivity (Wildman–Crippen MR) is 87.3 cm³/mol. The second-order valence-corrected chi connectivity index (χ2v) is 8.55. The second-order valence-electron chi connectivity index (χ2n) is 7.46. The first kappa shape index (κ1) is 16.5. The summed E-state index contributed by atoms with van der Waals surface area (Å²) in [5, 5.41) is 9.29. The third-order valence-corrected chi connectivity index (χ3v) is 6.45. The second kappa shape index (κ2) is 4.58. The Labute approximate surface area is 139 Å². The van der Waals surface area contributed by atoms with Crippen molar-refractivity contribution < 1.29 is 24.0 Å². The van der Waals surface area contributed by atoms with Crippen LogP contribution >= 0.6 is 11.3 Å². The van der Waals surface area contributed by atoms with Crippen molar-refractivity contribution in [2.75, 3.05) is 0 Å². The summed E-state index contributed by atoms with van der Waals surface area (Å²) in [7, 11) is -0.544. The molecule has 124 valence electrons. The van der Waals surface area contributed by atoms with Crippen molar-refractivity contribution in [1.29, 1.82) is 0 Å². The van der Waals surface area contributed by atoms with Gasteiger partial charge in [-0.3, -0.25) is 4.79 Å².